The predicted octanol–water partition coefficient (Wildman–Crippen LogP) is 1.49. The minimum Gasteiger partial charge on any atom is -0.382 e. The molecule has 0 saturated carbocycles. The van der Waals surface area contributed by atoms with Crippen LogP contribution in [0.4, 0.5) is 4.39 Å². The standard InChI is InChI=1S/C14H21FN2O2/c1-2-3-4-12(17-9-13(18)14(16)19)10-5-7-11(15)8-6-10/h5-8,12-13,17-18H,2-4,9H2,1H3,(H2,16,19). The number of nitrogens with one attached hydrogen (secondary N) is 1. The molecule has 0 heterocycles. The van der Waals surface area contributed by atoms with Crippen LogP contribution >= 0.6 is 0 Å². The van der Waals surface area contributed by atoms with Crippen LogP contribution in [0.15, 0.2) is 24.3 Å². The first-order valence-electron chi connectivity index (χ1n) is 6.50. The fourth-order valence-corrected chi connectivity index (χ4v) is 1.84. The van der Waals surface area contributed by atoms with E-state index in [1.54, 1.807) is 12.1 Å². The van der Waals surface area contributed by atoms with Crippen LogP contribution < -0.4 is 11.1 Å². The van der Waals surface area contributed by atoms with E-state index in [9.17, 15) is 14.3 Å². The molecule has 1 amide bonds. The summed E-state index contributed by atoms with van der Waals surface area (Å²) < 4.78 is 12.9. The fraction of sp³-hybridized carbons (Fsp3) is 0.500. The van der Waals surface area contributed by atoms with E-state index in [1.807, 2.05) is 0 Å². The number of aliphatic hydroxyl groups excluding tert-OH is 1. The summed E-state index contributed by atoms with van der Waals surface area (Å²) in [6.07, 6.45) is 1.69. The van der Waals surface area contributed by atoms with Crippen molar-refractivity contribution in [2.24, 2.45) is 5.73 Å². The molecule has 0 radical (unpaired) electrons. The van der Waals surface area contributed by atoms with Crippen molar-refractivity contribution in [3.63, 3.8) is 0 Å². The number of aliphatic hydroxyl groups is 1. The van der Waals surface area contributed by atoms with Gasteiger partial charge in [-0.05, 0) is 24.1 Å². The molecular formula is C14H21FN2O2. The maximum atomic E-state index is 12.9. The molecule has 1 aromatic rings. The Kier molecular flexibility index (Phi) is 6.45. The molecule has 5 heteroatoms. The number of hydrogen-bond acceptors (Lipinski definition) is 3. The first kappa shape index (κ1) is 15.6. The third kappa shape index (κ3) is 5.36. The van der Waals surface area contributed by atoms with E-state index < -0.39 is 12.0 Å². The Balaban J connectivity index is 2.65. The Morgan fingerprint density at radius 2 is 2.05 bits per heavy atom. The number of hydrogen-bond donors (Lipinski definition) is 3. The maximum Gasteiger partial charge on any atom is 0.247 e. The lowest BCUT2D eigenvalue weighted by Gasteiger charge is -2.20. The SMILES string of the molecule is CCCCC(NCC(O)C(N)=O)c1ccc(F)cc1. The third-order valence-electron chi connectivity index (χ3n) is 3.00. The van der Waals surface area contributed by atoms with Crippen LogP contribution in [-0.2, 0) is 4.79 Å². The van der Waals surface area contributed by atoms with Crippen molar-refractivity contribution < 1.29 is 14.3 Å². The Bertz CT molecular complexity index is 395. The lowest BCUT2D eigenvalue weighted by molar-refractivity contribution is -0.125. The highest BCUT2D eigenvalue weighted by molar-refractivity contribution is 5.78. The van der Waals surface area contributed by atoms with Crippen LogP contribution in [-0.4, -0.2) is 23.7 Å². The molecular weight excluding hydrogens is 247 g/mol. The van der Waals surface area contributed by atoms with Crippen molar-refractivity contribution in [2.45, 2.75) is 38.3 Å². The molecule has 0 aromatic heterocycles. The molecule has 0 aliphatic heterocycles. The fourth-order valence-electron chi connectivity index (χ4n) is 1.84. The van der Waals surface area contributed by atoms with Gasteiger partial charge in [-0.25, -0.2) is 4.39 Å². The van der Waals surface area contributed by atoms with Crippen LogP contribution in [0.5, 0.6) is 0 Å². The molecule has 4 N–H and O–H groups in total. The number of nitrogens with two attached hydrogens (primary N) is 1. The van der Waals surface area contributed by atoms with Crippen LogP contribution in [0.3, 0.4) is 0 Å². The summed E-state index contributed by atoms with van der Waals surface area (Å²) in [6.45, 7) is 2.18. The van der Waals surface area contributed by atoms with Crippen molar-refractivity contribution in [3.05, 3.63) is 35.6 Å². The second-order valence-corrected chi connectivity index (χ2v) is 4.57. The summed E-state index contributed by atoms with van der Waals surface area (Å²) in [7, 11) is 0. The van der Waals surface area contributed by atoms with E-state index in [0.29, 0.717) is 0 Å². The van der Waals surface area contributed by atoms with Crippen molar-refractivity contribution >= 4 is 5.91 Å². The molecule has 1 rings (SSSR count). The smallest absolute Gasteiger partial charge is 0.247 e. The van der Waals surface area contributed by atoms with Crippen molar-refractivity contribution in [2.75, 3.05) is 6.54 Å². The zero-order valence-corrected chi connectivity index (χ0v) is 11.1. The number of carbonyl (C=O) groups excluding carboxylic acids is 1. The summed E-state index contributed by atoms with van der Waals surface area (Å²) in [5.41, 5.74) is 5.94. The van der Waals surface area contributed by atoms with E-state index in [1.165, 1.54) is 12.1 Å². The predicted molar refractivity (Wildman–Crippen MR) is 71.9 cm³/mol. The largest absolute Gasteiger partial charge is 0.382 e. The quantitative estimate of drug-likeness (QED) is 0.668. The number of carbonyl (C=O) groups is 1. The average molecular weight is 268 g/mol. The minimum atomic E-state index is -1.20. The van der Waals surface area contributed by atoms with E-state index >= 15 is 0 Å². The van der Waals surface area contributed by atoms with Gasteiger partial charge in [-0.15, -0.1) is 0 Å². The first-order valence-corrected chi connectivity index (χ1v) is 6.50. The molecule has 2 atom stereocenters. The second-order valence-electron chi connectivity index (χ2n) is 4.57. The molecule has 0 aliphatic carbocycles. The van der Waals surface area contributed by atoms with Gasteiger partial charge in [0, 0.05) is 12.6 Å². The topological polar surface area (TPSA) is 75.3 Å². The van der Waals surface area contributed by atoms with Gasteiger partial charge in [-0.1, -0.05) is 31.9 Å². The molecule has 0 spiro atoms. The highest BCUT2D eigenvalue weighted by Crippen LogP contribution is 2.19. The van der Waals surface area contributed by atoms with E-state index in [2.05, 4.69) is 12.2 Å². The van der Waals surface area contributed by atoms with Gasteiger partial charge in [0.1, 0.15) is 11.9 Å². The zero-order chi connectivity index (χ0) is 14.3. The van der Waals surface area contributed by atoms with Gasteiger partial charge in [0.15, 0.2) is 0 Å². The van der Waals surface area contributed by atoms with Gasteiger partial charge in [0.05, 0.1) is 0 Å². The Morgan fingerprint density at radius 1 is 1.42 bits per heavy atom. The summed E-state index contributed by atoms with van der Waals surface area (Å²) >= 11 is 0. The normalized spacial score (nSPS) is 14.1. The molecule has 0 saturated heterocycles. The van der Waals surface area contributed by atoms with Crippen LogP contribution in [0.1, 0.15) is 37.8 Å². The number of primary amides is 1. The summed E-state index contributed by atoms with van der Waals surface area (Å²) in [6, 6.07) is 6.20. The molecule has 1 aromatic carbocycles. The lowest BCUT2D eigenvalue weighted by Crippen LogP contribution is -2.39. The molecule has 106 valence electrons. The first-order chi connectivity index (χ1) is 9.04. The van der Waals surface area contributed by atoms with Crippen molar-refractivity contribution in [1.82, 2.24) is 5.32 Å². The molecule has 0 aliphatic rings. The van der Waals surface area contributed by atoms with Crippen molar-refractivity contribution in [3.8, 4) is 0 Å². The molecule has 4 nitrogen and oxygen atoms in total. The lowest BCUT2D eigenvalue weighted by atomic mass is 10.0. The number of amides is 1. The third-order valence-corrected chi connectivity index (χ3v) is 3.00. The minimum absolute atomic E-state index is 0.0189. The van der Waals surface area contributed by atoms with Crippen molar-refractivity contribution in [1.29, 1.82) is 0 Å². The van der Waals surface area contributed by atoms with Gasteiger partial charge >= 0.3 is 0 Å². The number of halogens is 1. The molecule has 0 fully saturated rings. The Morgan fingerprint density at radius 3 is 2.58 bits per heavy atom. The monoisotopic (exact) mass is 268 g/mol. The van der Waals surface area contributed by atoms with E-state index in [0.717, 1.165) is 24.8 Å². The zero-order valence-electron chi connectivity index (χ0n) is 11.1. The number of unbranched alkanes of at least 4 members (excludes halogenated alkanes) is 1. The number of rotatable bonds is 8. The van der Waals surface area contributed by atoms with Gasteiger partial charge in [-0.2, -0.15) is 0 Å². The summed E-state index contributed by atoms with van der Waals surface area (Å²) in [5.74, 6) is -1.03. The highest BCUT2D eigenvalue weighted by Gasteiger charge is 2.15. The average Bonchev–Trinajstić information content (AvgIpc) is 2.39. The van der Waals surface area contributed by atoms with Crippen LogP contribution in [0.2, 0.25) is 0 Å². The maximum absolute atomic E-state index is 12.9. The Hall–Kier alpha value is -1.46. The molecule has 0 bridgehead atoms. The van der Waals surface area contributed by atoms with Gasteiger partial charge in [0.2, 0.25) is 5.91 Å². The highest BCUT2D eigenvalue weighted by atomic mass is 19.1. The van der Waals surface area contributed by atoms with Gasteiger partial charge in [-0.3, -0.25) is 4.79 Å². The summed E-state index contributed by atoms with van der Waals surface area (Å²) in [5, 5.41) is 12.5. The van der Waals surface area contributed by atoms with Gasteiger partial charge < -0.3 is 16.2 Å². The van der Waals surface area contributed by atoms with E-state index in [-0.39, 0.29) is 18.4 Å². The van der Waals surface area contributed by atoms with Gasteiger partial charge in [0.25, 0.3) is 0 Å². The van der Waals surface area contributed by atoms with E-state index in [4.69, 9.17) is 5.73 Å². The molecule has 2 unspecified atom stereocenters. The van der Waals surface area contributed by atoms with Crippen LogP contribution in [0, 0.1) is 5.82 Å². The molecule has 19 heavy (non-hydrogen) atoms. The Labute approximate surface area is 112 Å². The number of benzene rings is 1. The van der Waals surface area contributed by atoms with Crippen LogP contribution in [0.25, 0.3) is 0 Å². The second kappa shape index (κ2) is 7.86. The summed E-state index contributed by atoms with van der Waals surface area (Å²) in [4.78, 5) is 10.8.